The average molecular weight is 1870 g/mol. The van der Waals surface area contributed by atoms with Gasteiger partial charge >= 0.3 is 11.9 Å². The third kappa shape index (κ3) is 35.7. The third-order valence-electron chi connectivity index (χ3n) is 26.6. The highest BCUT2D eigenvalue weighted by molar-refractivity contribution is 5.82. The van der Waals surface area contributed by atoms with Crippen molar-refractivity contribution in [2.24, 2.45) is 0 Å². The molecule has 4 aliphatic rings. The Bertz CT molecular complexity index is 2960. The van der Waals surface area contributed by atoms with Crippen LogP contribution in [-0.2, 0) is 147 Å². The summed E-state index contributed by atoms with van der Waals surface area (Å²) < 4.78 is 163. The minimum Gasteiger partial charge on any atom is -0.465 e. The van der Waals surface area contributed by atoms with Crippen molar-refractivity contribution >= 4 is 29.7 Å². The van der Waals surface area contributed by atoms with E-state index in [1.165, 1.54) is 260 Å². The van der Waals surface area contributed by atoms with Crippen molar-refractivity contribution in [1.82, 2.24) is 14.7 Å². The molecule has 1 N–H and O–H groups in total. The van der Waals surface area contributed by atoms with Crippen molar-refractivity contribution in [2.45, 2.75) is 397 Å². The van der Waals surface area contributed by atoms with Gasteiger partial charge < -0.3 is 143 Å². The maximum Gasteiger partial charge on any atom is 0.366 e. The molecule has 0 radical (unpaired) electrons. The Morgan fingerprint density at radius 3 is 1.25 bits per heavy atom. The summed E-state index contributed by atoms with van der Waals surface area (Å²) in [5.41, 5.74) is 0. The van der Waals surface area contributed by atoms with E-state index in [1.807, 2.05) is 0 Å². The van der Waals surface area contributed by atoms with Gasteiger partial charge in [-0.05, 0) is 12.8 Å². The zero-order chi connectivity index (χ0) is 96.1. The number of ether oxygens (including phenoxy) is 26. The molecule has 0 saturated carbocycles. The molecule has 0 aromatic rings. The predicted octanol–water partition coefficient (Wildman–Crippen LogP) is 10.7. The summed E-state index contributed by atoms with van der Waals surface area (Å²) in [5, 5.41) is 13.1. The van der Waals surface area contributed by atoms with Crippen molar-refractivity contribution in [1.29, 1.82) is 0 Å². The number of likely N-dealkylation sites (N-methyl/N-ethyl adjacent to an activating group) is 3. The molecule has 0 aromatic carbocycles. The van der Waals surface area contributed by atoms with Crippen molar-refractivity contribution in [3.8, 4) is 0 Å². The SMILES string of the molecule is CCCCCCCCCCCCCCCCCCCC[C@@H](OC)C(=O)N(C)[C@@H](CO[C@@H]1O[C@H](COC)[C@@H](O[C@@H]2O[C@H](COC)[C@H](OC)[C@H](O[C@]3(C(=O)OC)C[C@H](O)[C@@H](N(C)C(=O)CO[C@]4(C(=O)OC)C[C@H](OC)[C@@H](N(C)C(C)=O)[C@H]([C@H](OC)[C@@H](COC)OC)O4)[C@H]([C@H](OC)[C@@H](COC)OC)O3)[C@H]2OC)[C@H](OC)[C@H]1OC)[C@H](OC)[C@@H](CCCCCCCCCCCCCC)OC. The Balaban J connectivity index is 1.72. The number of rotatable bonds is 74. The lowest BCUT2D eigenvalue weighted by molar-refractivity contribution is -0.393. The van der Waals surface area contributed by atoms with Crippen LogP contribution in [0, 0.1) is 0 Å². The molecular weight excluding hydrogens is 1700 g/mol. The average Bonchev–Trinajstić information content (AvgIpc) is 0.757. The number of carbonyl (C=O) groups excluding carboxylic acids is 5. The fraction of sp³-hybridized carbons (Fsp3) is 0.947. The zero-order valence-electron chi connectivity index (χ0n) is 84.1. The number of amides is 3. The van der Waals surface area contributed by atoms with Gasteiger partial charge in [0.25, 0.3) is 17.5 Å². The summed E-state index contributed by atoms with van der Waals surface area (Å²) >= 11 is 0. The monoisotopic (exact) mass is 1870 g/mol. The van der Waals surface area contributed by atoms with Crippen LogP contribution < -0.4 is 0 Å². The minimum absolute atomic E-state index is 0.0201. The molecule has 26 atom stereocenters. The van der Waals surface area contributed by atoms with Gasteiger partial charge in [-0.1, -0.05) is 206 Å². The van der Waals surface area contributed by atoms with E-state index in [1.54, 1.807) is 33.3 Å². The van der Waals surface area contributed by atoms with E-state index in [0.717, 1.165) is 70.5 Å². The lowest BCUT2D eigenvalue weighted by Gasteiger charge is -2.53. The number of aliphatic hydroxyl groups is 1. The topological polar surface area (TPSA) is 355 Å². The predicted molar refractivity (Wildman–Crippen MR) is 485 cm³/mol. The molecule has 35 heteroatoms. The fourth-order valence-corrected chi connectivity index (χ4v) is 19.1. The maximum atomic E-state index is 15.2. The van der Waals surface area contributed by atoms with E-state index in [4.69, 9.17) is 123 Å². The Morgan fingerprint density at radius 2 is 0.838 bits per heavy atom. The normalized spacial score (nSPS) is 27.9. The number of hydrogen-bond donors (Lipinski definition) is 1. The Morgan fingerprint density at radius 1 is 0.415 bits per heavy atom. The van der Waals surface area contributed by atoms with Gasteiger partial charge in [-0.3, -0.25) is 14.4 Å². The van der Waals surface area contributed by atoms with E-state index >= 15 is 14.4 Å². The minimum atomic E-state index is -2.66. The summed E-state index contributed by atoms with van der Waals surface area (Å²) in [6.45, 7) is 4.34. The van der Waals surface area contributed by atoms with Crippen LogP contribution >= 0.6 is 0 Å². The number of hydrogen-bond acceptors (Lipinski definition) is 32. The number of carbonyl (C=O) groups is 5. The first-order chi connectivity index (χ1) is 62.8. The van der Waals surface area contributed by atoms with Crippen LogP contribution in [0.3, 0.4) is 0 Å². The van der Waals surface area contributed by atoms with Crippen LogP contribution in [0.5, 0.6) is 0 Å². The standard InChI is InChI=1S/C95H177N3O32/c1-25-27-29-31-33-35-37-39-40-41-42-43-44-46-48-50-52-54-56-69(110-12)89(102)97(5)66(78(114-16)68(109-11)55-53-51-49-47-45-38-36-34-32-30-28-26-2)59-123-90-87(119-21)85(118-20)82(74(125-90)63-108-10)127-91-88(120-22)86(81(117-19)73(126-91)62-107-9)130-95(93(104)122-24)57-67(100)76(83(129-95)79(115-17)71(112-14)60-105-7)98(6)75(101)64-124-94(92(103)121-23)58-70(111-13)77(96(4)65(3)99)84(128-94)80(116-18)72(113-15)61-106-8/h66-74,76-88,90-91,100H,25-64H2,1-24H3/t66-,67-,68+,69+,70-,71+,72+,73+,74+,76+,77+,78-,79+,80+,81-,82+,83+,84+,85-,86-,87+,88+,90+,91-,94+,95-/m0/s1. The van der Waals surface area contributed by atoms with Crippen LogP contribution in [0.25, 0.3) is 0 Å². The molecular formula is C95H177N3O32. The highest BCUT2D eigenvalue weighted by Crippen LogP contribution is 2.44. The first-order valence-corrected chi connectivity index (χ1v) is 48.0. The lowest BCUT2D eigenvalue weighted by Crippen LogP contribution is -2.72. The third-order valence-corrected chi connectivity index (χ3v) is 26.6. The summed E-state index contributed by atoms with van der Waals surface area (Å²) in [7, 11) is 30.2. The van der Waals surface area contributed by atoms with Gasteiger partial charge in [0, 0.05) is 155 Å². The molecule has 4 fully saturated rings. The molecule has 764 valence electrons. The number of unbranched alkanes of at least 4 members (excludes halogenated alkanes) is 28. The van der Waals surface area contributed by atoms with Crippen molar-refractivity contribution in [3.63, 3.8) is 0 Å². The maximum absolute atomic E-state index is 15.2. The van der Waals surface area contributed by atoms with E-state index < -0.39 is 196 Å². The number of methoxy groups -OCH3 is 18. The Labute approximate surface area is 779 Å². The lowest BCUT2D eigenvalue weighted by atomic mass is 9.86. The smallest absolute Gasteiger partial charge is 0.366 e. The summed E-state index contributed by atoms with van der Waals surface area (Å²) in [6, 6.07) is -3.19. The Kier molecular flexibility index (Phi) is 61.0. The fourth-order valence-electron chi connectivity index (χ4n) is 19.1. The Hall–Kier alpha value is -3.65. The molecule has 0 spiro atoms. The molecule has 0 aromatic heterocycles. The first kappa shape index (κ1) is 119. The van der Waals surface area contributed by atoms with Crippen LogP contribution in [-0.4, -0.2) is 396 Å². The molecule has 35 nitrogen and oxygen atoms in total. The van der Waals surface area contributed by atoms with E-state index in [9.17, 15) is 14.7 Å². The van der Waals surface area contributed by atoms with Crippen molar-refractivity contribution in [2.75, 3.05) is 189 Å². The van der Waals surface area contributed by atoms with Gasteiger partial charge in [0.15, 0.2) is 12.6 Å². The molecule has 0 unspecified atom stereocenters. The summed E-state index contributed by atoms with van der Waals surface area (Å²) in [5.74, 6) is -8.81. The largest absolute Gasteiger partial charge is 0.465 e. The second-order valence-electron chi connectivity index (χ2n) is 35.2. The highest BCUT2D eigenvalue weighted by Gasteiger charge is 2.64. The second kappa shape index (κ2) is 66.8. The zero-order valence-corrected chi connectivity index (χ0v) is 84.1. The summed E-state index contributed by atoms with van der Waals surface area (Å²) in [4.78, 5) is 77.3. The molecule has 0 bridgehead atoms. The van der Waals surface area contributed by atoms with Gasteiger partial charge in [0.05, 0.1) is 83.7 Å². The van der Waals surface area contributed by atoms with Gasteiger partial charge in [0.2, 0.25) is 11.8 Å². The molecule has 3 amide bonds. The van der Waals surface area contributed by atoms with Gasteiger partial charge in [-0.25, -0.2) is 9.59 Å². The molecule has 0 aliphatic carbocycles. The number of nitrogens with zero attached hydrogens (tertiary/aromatic N) is 3. The van der Waals surface area contributed by atoms with Gasteiger partial charge in [-0.15, -0.1) is 0 Å². The van der Waals surface area contributed by atoms with Crippen LogP contribution in [0.1, 0.15) is 239 Å². The molecule has 4 aliphatic heterocycles. The molecule has 4 heterocycles. The highest BCUT2D eigenvalue weighted by atomic mass is 16.8. The molecule has 130 heavy (non-hydrogen) atoms. The summed E-state index contributed by atoms with van der Waals surface area (Å²) in [6.07, 6.45) is 12.8. The van der Waals surface area contributed by atoms with Crippen molar-refractivity contribution in [3.05, 3.63) is 0 Å². The van der Waals surface area contributed by atoms with Gasteiger partial charge in [-0.2, -0.15) is 0 Å². The van der Waals surface area contributed by atoms with Crippen LogP contribution in [0.4, 0.5) is 0 Å². The van der Waals surface area contributed by atoms with E-state index in [0.29, 0.717) is 12.8 Å². The number of aliphatic hydroxyl groups excluding tert-OH is 1. The quantitative estimate of drug-likeness (QED) is 0.0436. The van der Waals surface area contributed by atoms with E-state index in [-0.39, 0.29) is 44.8 Å². The second-order valence-corrected chi connectivity index (χ2v) is 35.2. The van der Waals surface area contributed by atoms with Crippen LogP contribution in [0.2, 0.25) is 0 Å². The number of esters is 2. The van der Waals surface area contributed by atoms with Gasteiger partial charge in [0.1, 0.15) is 104 Å². The molecule has 4 saturated heterocycles. The first-order valence-electron chi connectivity index (χ1n) is 48.0. The van der Waals surface area contributed by atoms with Crippen molar-refractivity contribution < 1.29 is 152 Å². The van der Waals surface area contributed by atoms with E-state index in [2.05, 4.69) is 13.8 Å². The molecule has 4 rings (SSSR count). The van der Waals surface area contributed by atoms with Crippen LogP contribution in [0.15, 0.2) is 0 Å².